The molecule has 0 atom stereocenters. The number of pyridine rings is 2. The molecule has 0 aliphatic rings. The van der Waals surface area contributed by atoms with Gasteiger partial charge >= 0.3 is 11.7 Å². The van der Waals surface area contributed by atoms with Crippen LogP contribution in [0.25, 0.3) is 0 Å². The van der Waals surface area contributed by atoms with Crippen LogP contribution >= 0.6 is 23.2 Å². The predicted octanol–water partition coefficient (Wildman–Crippen LogP) is 3.28. The van der Waals surface area contributed by atoms with Crippen LogP contribution in [0.1, 0.15) is 22.4 Å². The molecule has 1 aromatic carbocycles. The van der Waals surface area contributed by atoms with E-state index < -0.39 is 30.6 Å². The molecular weight excluding hydrogens is 478 g/mol. The Hall–Kier alpha value is -2.88. The normalized spacial score (nSPS) is 11.3. The Morgan fingerprint density at radius 3 is 2.61 bits per heavy atom. The van der Waals surface area contributed by atoms with Crippen molar-refractivity contribution in [3.8, 4) is 0 Å². The Balaban J connectivity index is 1.68. The summed E-state index contributed by atoms with van der Waals surface area (Å²) in [6.45, 7) is -0.488. The summed E-state index contributed by atoms with van der Waals surface area (Å²) in [7, 11) is 0. The Labute approximate surface area is 198 Å². The predicted molar refractivity (Wildman–Crippen MR) is 118 cm³/mol. The molecule has 174 valence electrons. The summed E-state index contributed by atoms with van der Waals surface area (Å²) in [6, 6.07) is 9.40. The fraction of sp³-hybridized carbons (Fsp3) is 0.227. The molecule has 6 N–H and O–H groups in total. The third kappa shape index (κ3) is 6.34. The van der Waals surface area contributed by atoms with Gasteiger partial charge in [0.05, 0.1) is 11.4 Å². The van der Waals surface area contributed by atoms with Crippen LogP contribution in [0.5, 0.6) is 0 Å². The van der Waals surface area contributed by atoms with Gasteiger partial charge in [0.25, 0.3) is 5.69 Å². The van der Waals surface area contributed by atoms with Gasteiger partial charge in [-0.2, -0.15) is 13.2 Å². The molecule has 11 heteroatoms. The second kappa shape index (κ2) is 10.8. The van der Waals surface area contributed by atoms with E-state index in [0.29, 0.717) is 5.02 Å². The number of anilines is 1. The number of carbonyl (C=O) groups excluding carboxylic acids is 1. The number of aromatic nitrogens is 2. The number of benzene rings is 1. The van der Waals surface area contributed by atoms with Crippen molar-refractivity contribution in [1.29, 1.82) is 0 Å². The van der Waals surface area contributed by atoms with Crippen molar-refractivity contribution in [2.24, 2.45) is 5.73 Å². The van der Waals surface area contributed by atoms with Crippen LogP contribution < -0.4 is 26.3 Å². The highest BCUT2D eigenvalue weighted by Crippen LogP contribution is 2.26. The standard InChI is InChI=1S/C22H20Cl2F3N5O/c23-15-5-4-13(9-28)14(7-15)10-30-19(33)8-16-17(24)11-31-21(20(16)25)32-12-22(26,27)18-3-1-2-6-29-18/h1-7,11H,8-10,12,28H2,(H,30,33)(H,31,32)/p+2. The average molecular weight is 500 g/mol. The first kappa shape index (κ1) is 24.8. The lowest BCUT2D eigenvalue weighted by atomic mass is 10.1. The minimum Gasteiger partial charge on any atom is -0.352 e. The number of halogens is 5. The summed E-state index contributed by atoms with van der Waals surface area (Å²) in [6.07, 6.45) is 2.20. The van der Waals surface area contributed by atoms with Crippen LogP contribution in [0.4, 0.5) is 19.0 Å². The molecule has 0 spiro atoms. The van der Waals surface area contributed by atoms with E-state index in [1.54, 1.807) is 24.3 Å². The maximum atomic E-state index is 15.0. The molecular formula is C22H22Cl2F3N5O+2. The quantitative estimate of drug-likeness (QED) is 0.421. The number of nitrogens with two attached hydrogens (primary N) is 1. The number of carbonyl (C=O) groups is 1. The summed E-state index contributed by atoms with van der Waals surface area (Å²) in [5, 5.41) is 5.47. The van der Waals surface area contributed by atoms with Crippen molar-refractivity contribution in [2.45, 2.75) is 25.4 Å². The molecule has 6 nitrogen and oxygen atoms in total. The van der Waals surface area contributed by atoms with Gasteiger partial charge in [0, 0.05) is 35.8 Å². The van der Waals surface area contributed by atoms with Crippen molar-refractivity contribution in [3.05, 3.63) is 87.0 Å². The number of H-pyrrole nitrogens is 2. The monoisotopic (exact) mass is 499 g/mol. The lowest BCUT2D eigenvalue weighted by Gasteiger charge is -2.12. The summed E-state index contributed by atoms with van der Waals surface area (Å²) in [5.41, 5.74) is 6.77. The molecule has 0 fully saturated rings. The molecule has 0 radical (unpaired) electrons. The summed E-state index contributed by atoms with van der Waals surface area (Å²) >= 11 is 12.0. The minimum atomic E-state index is -3.30. The van der Waals surface area contributed by atoms with Gasteiger partial charge in [-0.05, 0) is 29.3 Å². The second-order valence-electron chi connectivity index (χ2n) is 7.21. The smallest absolute Gasteiger partial charge is 0.352 e. The lowest BCUT2D eigenvalue weighted by Crippen LogP contribution is -2.33. The number of hydrogen-bond donors (Lipinski definition) is 3. The van der Waals surface area contributed by atoms with E-state index in [2.05, 4.69) is 20.6 Å². The molecule has 1 amide bonds. The highest BCUT2D eigenvalue weighted by atomic mass is 35.5. The molecule has 0 saturated carbocycles. The van der Waals surface area contributed by atoms with E-state index in [4.69, 9.17) is 28.9 Å². The van der Waals surface area contributed by atoms with Crippen LogP contribution in [0.2, 0.25) is 10.0 Å². The van der Waals surface area contributed by atoms with E-state index in [0.717, 1.165) is 11.1 Å². The first-order valence-corrected chi connectivity index (χ1v) is 10.7. The van der Waals surface area contributed by atoms with Crippen LogP contribution in [0.3, 0.4) is 0 Å². The van der Waals surface area contributed by atoms with Crippen molar-refractivity contribution >= 4 is 34.9 Å². The Morgan fingerprint density at radius 2 is 1.91 bits per heavy atom. The number of nitrogens with one attached hydrogen (secondary N) is 4. The molecule has 0 aliphatic heterocycles. The van der Waals surface area contributed by atoms with E-state index >= 15 is 0 Å². The zero-order valence-electron chi connectivity index (χ0n) is 17.3. The highest BCUT2D eigenvalue weighted by molar-refractivity contribution is 6.31. The van der Waals surface area contributed by atoms with E-state index in [1.165, 1.54) is 24.5 Å². The van der Waals surface area contributed by atoms with Crippen LogP contribution in [0, 0.1) is 5.82 Å². The van der Waals surface area contributed by atoms with E-state index in [1.807, 2.05) is 0 Å². The van der Waals surface area contributed by atoms with E-state index in [9.17, 15) is 18.0 Å². The van der Waals surface area contributed by atoms with Crippen molar-refractivity contribution < 1.29 is 27.9 Å². The summed E-state index contributed by atoms with van der Waals surface area (Å²) < 4.78 is 43.7. The van der Waals surface area contributed by atoms with Gasteiger partial charge in [0.15, 0.2) is 12.7 Å². The van der Waals surface area contributed by atoms with Gasteiger partial charge < -0.3 is 11.1 Å². The van der Waals surface area contributed by atoms with Crippen molar-refractivity contribution in [2.75, 3.05) is 11.9 Å². The van der Waals surface area contributed by atoms with Gasteiger partial charge in [-0.1, -0.05) is 29.3 Å². The molecule has 33 heavy (non-hydrogen) atoms. The zero-order valence-corrected chi connectivity index (χ0v) is 18.8. The molecule has 0 saturated heterocycles. The van der Waals surface area contributed by atoms with Gasteiger partial charge in [-0.25, -0.2) is 9.97 Å². The molecule has 3 aromatic rings. The maximum Gasteiger partial charge on any atom is 0.365 e. The zero-order chi connectivity index (χ0) is 24.0. The Morgan fingerprint density at radius 1 is 1.12 bits per heavy atom. The number of rotatable bonds is 9. The SMILES string of the molecule is NCc1ccc(Cl)cc1CNC(=O)Cc1c(Cl)c[nH+]c(NCC(F)(F)c2cccc[nH+]2)c1F. The van der Waals surface area contributed by atoms with Crippen LogP contribution in [-0.2, 0) is 30.2 Å². The Bertz CT molecular complexity index is 1130. The van der Waals surface area contributed by atoms with Crippen LogP contribution in [-0.4, -0.2) is 12.5 Å². The van der Waals surface area contributed by atoms with Crippen molar-refractivity contribution in [3.63, 3.8) is 0 Å². The molecule has 0 bridgehead atoms. The van der Waals surface area contributed by atoms with Gasteiger partial charge in [-0.15, -0.1) is 0 Å². The number of aromatic amines is 2. The third-order valence-electron chi connectivity index (χ3n) is 4.91. The number of hydrogen-bond acceptors (Lipinski definition) is 3. The first-order chi connectivity index (χ1) is 15.7. The second-order valence-corrected chi connectivity index (χ2v) is 8.05. The summed E-state index contributed by atoms with van der Waals surface area (Å²) in [4.78, 5) is 17.4. The molecule has 0 aliphatic carbocycles. The first-order valence-electron chi connectivity index (χ1n) is 9.92. The fourth-order valence-corrected chi connectivity index (χ4v) is 3.52. The lowest BCUT2D eigenvalue weighted by molar-refractivity contribution is -0.412. The summed E-state index contributed by atoms with van der Waals surface area (Å²) in [5.74, 6) is -5.04. The van der Waals surface area contributed by atoms with Gasteiger partial charge in [0.1, 0.15) is 6.20 Å². The number of alkyl halides is 2. The van der Waals surface area contributed by atoms with Crippen LogP contribution in [0.15, 0.2) is 48.8 Å². The van der Waals surface area contributed by atoms with E-state index in [-0.39, 0.29) is 35.2 Å². The molecule has 2 aromatic heterocycles. The van der Waals surface area contributed by atoms with Gasteiger partial charge in [0.2, 0.25) is 11.7 Å². The highest BCUT2D eigenvalue weighted by Gasteiger charge is 2.40. The topological polar surface area (TPSA) is 95.4 Å². The average Bonchev–Trinajstić information content (AvgIpc) is 2.80. The number of amides is 1. The molecule has 2 heterocycles. The molecule has 0 unspecified atom stereocenters. The Kier molecular flexibility index (Phi) is 8.12. The van der Waals surface area contributed by atoms with Gasteiger partial charge in [-0.3, -0.25) is 10.1 Å². The third-order valence-corrected chi connectivity index (χ3v) is 5.48. The molecule has 3 rings (SSSR count). The maximum absolute atomic E-state index is 15.0. The fourth-order valence-electron chi connectivity index (χ4n) is 3.12. The van der Waals surface area contributed by atoms with Crippen molar-refractivity contribution in [1.82, 2.24) is 5.32 Å². The minimum absolute atomic E-state index is 0.0400. The largest absolute Gasteiger partial charge is 0.365 e.